The van der Waals surface area contributed by atoms with Crippen molar-refractivity contribution in [3.8, 4) is 17.5 Å². The van der Waals surface area contributed by atoms with Crippen LogP contribution in [0.1, 0.15) is 36.6 Å². The van der Waals surface area contributed by atoms with Gasteiger partial charge in [0.1, 0.15) is 4.21 Å². The summed E-state index contributed by atoms with van der Waals surface area (Å²) in [5, 5.41) is 14.5. The maximum Gasteiger partial charge on any atom is 0.271 e. The fourth-order valence-electron chi connectivity index (χ4n) is 2.57. The number of benzene rings is 1. The molecule has 26 heavy (non-hydrogen) atoms. The molecule has 1 aliphatic carbocycles. The van der Waals surface area contributed by atoms with E-state index in [-0.39, 0.29) is 4.21 Å². The highest BCUT2D eigenvalue weighted by atomic mass is 32.2. The van der Waals surface area contributed by atoms with Gasteiger partial charge in [-0.1, -0.05) is 11.6 Å². The monoisotopic (exact) mass is 386 g/mol. The van der Waals surface area contributed by atoms with Gasteiger partial charge in [-0.2, -0.15) is 10.2 Å². The fourth-order valence-corrected chi connectivity index (χ4v) is 4.78. The minimum Gasteiger partial charge on any atom is -0.339 e. The van der Waals surface area contributed by atoms with E-state index in [1.807, 2.05) is 6.07 Å². The molecule has 0 aliphatic heterocycles. The Morgan fingerprint density at radius 2 is 2.04 bits per heavy atom. The lowest BCUT2D eigenvalue weighted by atomic mass is 9.85. The van der Waals surface area contributed by atoms with Crippen molar-refractivity contribution < 1.29 is 12.9 Å². The molecular formula is C17H14N4O3S2. The third-order valence-electron chi connectivity index (χ3n) is 4.26. The molecule has 1 N–H and O–H groups in total. The number of aromatic nitrogens is 2. The van der Waals surface area contributed by atoms with Gasteiger partial charge in [0, 0.05) is 22.5 Å². The number of hydrogen-bond acceptors (Lipinski definition) is 7. The number of nitrogens with zero attached hydrogens (tertiary/aromatic N) is 3. The number of rotatable bonds is 5. The number of hydrogen-bond donors (Lipinski definition) is 1. The van der Waals surface area contributed by atoms with Crippen LogP contribution < -0.4 is 4.72 Å². The predicted molar refractivity (Wildman–Crippen MR) is 96.2 cm³/mol. The first-order valence-electron chi connectivity index (χ1n) is 8.01. The molecule has 0 unspecified atom stereocenters. The zero-order valence-corrected chi connectivity index (χ0v) is 15.2. The van der Waals surface area contributed by atoms with E-state index in [0.717, 1.165) is 24.2 Å². The topological polar surface area (TPSA) is 109 Å². The van der Waals surface area contributed by atoms with Crippen molar-refractivity contribution in [2.45, 2.75) is 29.4 Å². The van der Waals surface area contributed by atoms with Gasteiger partial charge in [-0.05, 0) is 43.2 Å². The number of nitriles is 1. The summed E-state index contributed by atoms with van der Waals surface area (Å²) in [7, 11) is -3.72. The minimum atomic E-state index is -3.72. The molecule has 4 rings (SSSR count). The van der Waals surface area contributed by atoms with E-state index >= 15 is 0 Å². The Morgan fingerprint density at radius 3 is 2.69 bits per heavy atom. The van der Waals surface area contributed by atoms with Gasteiger partial charge in [-0.3, -0.25) is 4.72 Å². The summed E-state index contributed by atoms with van der Waals surface area (Å²) in [5.74, 6) is 1.36. The van der Waals surface area contributed by atoms with Crippen LogP contribution in [-0.4, -0.2) is 18.6 Å². The summed E-state index contributed by atoms with van der Waals surface area (Å²) in [6, 6.07) is 9.73. The minimum absolute atomic E-state index is 0.159. The number of thiophene rings is 1. The zero-order chi connectivity index (χ0) is 18.1. The second-order valence-electron chi connectivity index (χ2n) is 6.03. The molecule has 0 spiro atoms. The van der Waals surface area contributed by atoms with Crippen LogP contribution in [0.2, 0.25) is 0 Å². The van der Waals surface area contributed by atoms with Crippen LogP contribution in [0.4, 0.5) is 5.69 Å². The van der Waals surface area contributed by atoms with Gasteiger partial charge in [0.25, 0.3) is 10.0 Å². The third-order valence-corrected chi connectivity index (χ3v) is 7.08. The van der Waals surface area contributed by atoms with Crippen LogP contribution in [0.25, 0.3) is 11.4 Å². The first-order chi connectivity index (χ1) is 12.5. The van der Waals surface area contributed by atoms with E-state index in [2.05, 4.69) is 14.9 Å². The van der Waals surface area contributed by atoms with Crippen LogP contribution in [0.5, 0.6) is 0 Å². The molecule has 3 aromatic rings. The van der Waals surface area contributed by atoms with Crippen LogP contribution in [-0.2, 0) is 10.0 Å². The first-order valence-corrected chi connectivity index (χ1v) is 10.4. The highest BCUT2D eigenvalue weighted by molar-refractivity contribution is 7.94. The summed E-state index contributed by atoms with van der Waals surface area (Å²) < 4.78 is 33.0. The Balaban J connectivity index is 1.54. The van der Waals surface area contributed by atoms with Crippen LogP contribution in [0.15, 0.2) is 44.4 Å². The molecule has 0 radical (unpaired) electrons. The summed E-state index contributed by atoms with van der Waals surface area (Å²) in [4.78, 5) is 4.38. The maximum atomic E-state index is 12.5. The standard InChI is InChI=1S/C17H14N4O3S2/c18-9-11-4-6-14(7-5-11)21-26(22,23)15-8-13(10-25-15)16-19-17(24-20-16)12-2-1-3-12/h4-8,10,12,21H,1-3H2. The SMILES string of the molecule is N#Cc1ccc(NS(=O)(=O)c2cc(-c3noc(C4CCC4)n3)cs2)cc1. The largest absolute Gasteiger partial charge is 0.339 e. The Hall–Kier alpha value is -2.70. The maximum absolute atomic E-state index is 12.5. The molecule has 0 saturated heterocycles. The molecular weight excluding hydrogens is 372 g/mol. The summed E-state index contributed by atoms with van der Waals surface area (Å²) in [6.45, 7) is 0. The quantitative estimate of drug-likeness (QED) is 0.715. The second-order valence-corrected chi connectivity index (χ2v) is 8.85. The number of nitrogens with one attached hydrogen (secondary N) is 1. The third kappa shape index (κ3) is 3.21. The van der Waals surface area contributed by atoms with Gasteiger partial charge in [-0.25, -0.2) is 8.42 Å². The van der Waals surface area contributed by atoms with Gasteiger partial charge in [0.15, 0.2) is 0 Å². The highest BCUT2D eigenvalue weighted by Gasteiger charge is 2.26. The molecule has 9 heteroatoms. The molecule has 2 heterocycles. The fraction of sp³-hybridized carbons (Fsp3) is 0.235. The normalized spacial score (nSPS) is 14.6. The molecule has 0 amide bonds. The van der Waals surface area contributed by atoms with Crippen molar-refractivity contribution in [3.05, 3.63) is 47.2 Å². The average Bonchev–Trinajstić information content (AvgIpc) is 3.23. The van der Waals surface area contributed by atoms with Crippen LogP contribution >= 0.6 is 11.3 Å². The van der Waals surface area contributed by atoms with E-state index in [1.54, 1.807) is 29.6 Å². The number of sulfonamides is 1. The van der Waals surface area contributed by atoms with Crippen molar-refractivity contribution in [2.75, 3.05) is 4.72 Å². The van der Waals surface area contributed by atoms with Gasteiger partial charge in [0.2, 0.25) is 11.7 Å². The Bertz CT molecular complexity index is 1070. The van der Waals surface area contributed by atoms with Gasteiger partial charge in [0.05, 0.1) is 11.6 Å². The second kappa shape index (κ2) is 6.55. The summed E-state index contributed by atoms with van der Waals surface area (Å²) in [5.41, 5.74) is 1.47. The van der Waals surface area contributed by atoms with E-state index < -0.39 is 10.0 Å². The van der Waals surface area contributed by atoms with Crippen molar-refractivity contribution in [2.24, 2.45) is 0 Å². The van der Waals surface area contributed by atoms with Crippen molar-refractivity contribution in [1.29, 1.82) is 5.26 Å². The van der Waals surface area contributed by atoms with Crippen LogP contribution in [0.3, 0.4) is 0 Å². The molecule has 1 aromatic carbocycles. The van der Waals surface area contributed by atoms with Crippen molar-refractivity contribution in [3.63, 3.8) is 0 Å². The van der Waals surface area contributed by atoms with Gasteiger partial charge in [-0.15, -0.1) is 11.3 Å². The molecule has 1 fully saturated rings. The molecule has 1 saturated carbocycles. The number of anilines is 1. The summed E-state index contributed by atoms with van der Waals surface area (Å²) >= 11 is 1.09. The van der Waals surface area contributed by atoms with E-state index in [9.17, 15) is 8.42 Å². The van der Waals surface area contributed by atoms with Crippen LogP contribution in [0, 0.1) is 11.3 Å². The predicted octanol–water partition coefficient (Wildman–Crippen LogP) is 3.74. The first kappa shape index (κ1) is 16.8. The van der Waals surface area contributed by atoms with Gasteiger partial charge < -0.3 is 4.52 Å². The van der Waals surface area contributed by atoms with Crippen molar-refractivity contribution in [1.82, 2.24) is 10.1 Å². The zero-order valence-electron chi connectivity index (χ0n) is 13.5. The smallest absolute Gasteiger partial charge is 0.271 e. The Morgan fingerprint density at radius 1 is 1.27 bits per heavy atom. The summed E-state index contributed by atoms with van der Waals surface area (Å²) in [6.07, 6.45) is 3.28. The molecule has 2 aromatic heterocycles. The van der Waals surface area contributed by atoms with Crippen molar-refractivity contribution >= 4 is 27.0 Å². The lowest BCUT2D eigenvalue weighted by Gasteiger charge is -2.20. The molecule has 0 bridgehead atoms. The average molecular weight is 386 g/mol. The molecule has 0 atom stereocenters. The molecule has 7 nitrogen and oxygen atoms in total. The Labute approximate surface area is 154 Å². The molecule has 1 aliphatic rings. The van der Waals surface area contributed by atoms with E-state index in [4.69, 9.17) is 9.78 Å². The Kier molecular flexibility index (Phi) is 4.22. The highest BCUT2D eigenvalue weighted by Crippen LogP contribution is 2.36. The molecule has 132 valence electrons. The lowest BCUT2D eigenvalue weighted by molar-refractivity contribution is 0.292. The van der Waals surface area contributed by atoms with E-state index in [1.165, 1.54) is 12.5 Å². The van der Waals surface area contributed by atoms with E-state index in [0.29, 0.717) is 34.4 Å². The van der Waals surface area contributed by atoms with Gasteiger partial charge >= 0.3 is 0 Å². The lowest BCUT2D eigenvalue weighted by Crippen LogP contribution is -2.11.